The Morgan fingerprint density at radius 3 is 2.43 bits per heavy atom. The summed E-state index contributed by atoms with van der Waals surface area (Å²) in [7, 11) is 0. The molecule has 0 saturated carbocycles. The van der Waals surface area contributed by atoms with Crippen molar-refractivity contribution in [2.45, 2.75) is 53.4 Å². The molecule has 0 aliphatic heterocycles. The SMILES string of the molecule is CCCCC(C)(C)CC=C(C)C(=O)O. The molecule has 2 nitrogen and oxygen atoms in total. The molecule has 0 aromatic carbocycles. The van der Waals surface area contributed by atoms with Crippen molar-refractivity contribution >= 4 is 5.97 Å². The maximum atomic E-state index is 10.6. The summed E-state index contributed by atoms with van der Waals surface area (Å²) in [6, 6.07) is 0. The van der Waals surface area contributed by atoms with Gasteiger partial charge in [0.1, 0.15) is 0 Å². The van der Waals surface area contributed by atoms with Crippen molar-refractivity contribution in [3.8, 4) is 0 Å². The number of carboxylic acids is 1. The summed E-state index contributed by atoms with van der Waals surface area (Å²) in [5, 5.41) is 8.69. The number of rotatable bonds is 6. The van der Waals surface area contributed by atoms with E-state index in [2.05, 4.69) is 20.8 Å². The van der Waals surface area contributed by atoms with E-state index in [1.165, 1.54) is 12.8 Å². The Kier molecular flexibility index (Phi) is 5.51. The second-order valence-electron chi connectivity index (χ2n) is 4.66. The lowest BCUT2D eigenvalue weighted by Crippen LogP contribution is -2.10. The van der Waals surface area contributed by atoms with Crippen LogP contribution in [-0.4, -0.2) is 11.1 Å². The van der Waals surface area contributed by atoms with Crippen LogP contribution in [0.15, 0.2) is 11.6 Å². The molecule has 82 valence electrons. The molecule has 0 unspecified atom stereocenters. The molecule has 0 spiro atoms. The Morgan fingerprint density at radius 2 is 2.00 bits per heavy atom. The van der Waals surface area contributed by atoms with Gasteiger partial charge < -0.3 is 5.11 Å². The highest BCUT2D eigenvalue weighted by molar-refractivity contribution is 5.85. The second-order valence-corrected chi connectivity index (χ2v) is 4.66. The molecule has 14 heavy (non-hydrogen) atoms. The van der Waals surface area contributed by atoms with Crippen molar-refractivity contribution in [3.63, 3.8) is 0 Å². The van der Waals surface area contributed by atoms with E-state index in [0.717, 1.165) is 12.8 Å². The van der Waals surface area contributed by atoms with Crippen molar-refractivity contribution < 1.29 is 9.90 Å². The van der Waals surface area contributed by atoms with Crippen molar-refractivity contribution in [1.82, 2.24) is 0 Å². The highest BCUT2D eigenvalue weighted by Crippen LogP contribution is 2.28. The van der Waals surface area contributed by atoms with Crippen molar-refractivity contribution in [1.29, 1.82) is 0 Å². The molecule has 0 aromatic rings. The van der Waals surface area contributed by atoms with Crippen LogP contribution in [0.2, 0.25) is 0 Å². The number of hydrogen-bond acceptors (Lipinski definition) is 1. The molecule has 0 heterocycles. The number of hydrogen-bond donors (Lipinski definition) is 1. The zero-order valence-corrected chi connectivity index (χ0v) is 9.76. The summed E-state index contributed by atoms with van der Waals surface area (Å²) in [6.07, 6.45) is 6.26. The van der Waals surface area contributed by atoms with E-state index < -0.39 is 5.97 Å². The van der Waals surface area contributed by atoms with Crippen molar-refractivity contribution in [3.05, 3.63) is 11.6 Å². The number of unbranched alkanes of at least 4 members (excludes halogenated alkanes) is 1. The molecule has 0 atom stereocenters. The first-order chi connectivity index (χ1) is 6.39. The largest absolute Gasteiger partial charge is 0.478 e. The van der Waals surface area contributed by atoms with Crippen LogP contribution >= 0.6 is 0 Å². The quantitative estimate of drug-likeness (QED) is 0.662. The molecular formula is C12H22O2. The molecule has 0 aliphatic carbocycles. The lowest BCUT2D eigenvalue weighted by Gasteiger charge is -2.22. The zero-order chi connectivity index (χ0) is 11.2. The monoisotopic (exact) mass is 198 g/mol. The fourth-order valence-electron chi connectivity index (χ4n) is 1.27. The minimum absolute atomic E-state index is 0.229. The average Bonchev–Trinajstić information content (AvgIpc) is 2.11. The predicted molar refractivity (Wildman–Crippen MR) is 59.3 cm³/mol. The van der Waals surface area contributed by atoms with Gasteiger partial charge in [0.25, 0.3) is 0 Å². The van der Waals surface area contributed by atoms with Gasteiger partial charge in [-0.1, -0.05) is 39.7 Å². The van der Waals surface area contributed by atoms with Gasteiger partial charge in [-0.25, -0.2) is 4.79 Å². The highest BCUT2D eigenvalue weighted by atomic mass is 16.4. The summed E-state index contributed by atoms with van der Waals surface area (Å²) < 4.78 is 0. The van der Waals surface area contributed by atoms with Gasteiger partial charge in [-0.3, -0.25) is 0 Å². The van der Waals surface area contributed by atoms with E-state index in [-0.39, 0.29) is 5.41 Å². The normalized spacial score (nSPS) is 13.0. The highest BCUT2D eigenvalue weighted by Gasteiger charge is 2.15. The Labute approximate surface area is 87.0 Å². The Bertz CT molecular complexity index is 214. The number of carboxylic acid groups (broad SMARTS) is 1. The first-order valence-corrected chi connectivity index (χ1v) is 5.29. The van der Waals surface area contributed by atoms with Crippen LogP contribution < -0.4 is 0 Å². The van der Waals surface area contributed by atoms with Crippen LogP contribution in [0.25, 0.3) is 0 Å². The molecule has 0 bridgehead atoms. The zero-order valence-electron chi connectivity index (χ0n) is 9.76. The second kappa shape index (κ2) is 5.84. The van der Waals surface area contributed by atoms with Gasteiger partial charge in [0.05, 0.1) is 0 Å². The Morgan fingerprint density at radius 1 is 1.43 bits per heavy atom. The molecule has 0 fully saturated rings. The summed E-state index contributed by atoms with van der Waals surface area (Å²) in [6.45, 7) is 8.20. The van der Waals surface area contributed by atoms with Gasteiger partial charge in [-0.2, -0.15) is 0 Å². The standard InChI is InChI=1S/C12H22O2/c1-5-6-8-12(3,4)9-7-10(2)11(13)14/h7H,5-6,8-9H2,1-4H3,(H,13,14). The first kappa shape index (κ1) is 13.2. The van der Waals surface area contributed by atoms with Gasteiger partial charge in [0.15, 0.2) is 0 Å². The predicted octanol–water partition coefficient (Wildman–Crippen LogP) is 3.62. The van der Waals surface area contributed by atoms with E-state index >= 15 is 0 Å². The van der Waals surface area contributed by atoms with Crippen LogP contribution in [0.4, 0.5) is 0 Å². The molecule has 2 heteroatoms. The van der Waals surface area contributed by atoms with Crippen LogP contribution in [0.3, 0.4) is 0 Å². The van der Waals surface area contributed by atoms with Gasteiger partial charge in [-0.15, -0.1) is 0 Å². The van der Waals surface area contributed by atoms with Crippen LogP contribution in [-0.2, 0) is 4.79 Å². The summed E-state index contributed by atoms with van der Waals surface area (Å²) in [5.41, 5.74) is 0.682. The minimum Gasteiger partial charge on any atom is -0.478 e. The van der Waals surface area contributed by atoms with Crippen molar-refractivity contribution in [2.75, 3.05) is 0 Å². The first-order valence-electron chi connectivity index (χ1n) is 5.29. The van der Waals surface area contributed by atoms with Gasteiger partial charge in [0, 0.05) is 5.57 Å². The van der Waals surface area contributed by atoms with E-state index in [4.69, 9.17) is 5.11 Å². The van der Waals surface area contributed by atoms with Crippen LogP contribution in [0.1, 0.15) is 53.4 Å². The molecule has 0 aliphatic rings. The van der Waals surface area contributed by atoms with Gasteiger partial charge in [-0.05, 0) is 25.2 Å². The van der Waals surface area contributed by atoms with E-state index in [0.29, 0.717) is 5.57 Å². The summed E-state index contributed by atoms with van der Waals surface area (Å²) in [4.78, 5) is 10.6. The van der Waals surface area contributed by atoms with Gasteiger partial charge in [0.2, 0.25) is 0 Å². The molecule has 0 aromatic heterocycles. The third-order valence-electron chi connectivity index (χ3n) is 2.51. The molecule has 0 radical (unpaired) electrons. The lowest BCUT2D eigenvalue weighted by molar-refractivity contribution is -0.132. The fraction of sp³-hybridized carbons (Fsp3) is 0.750. The summed E-state index contributed by atoms with van der Waals surface area (Å²) in [5.74, 6) is -0.809. The number of aliphatic carboxylic acids is 1. The maximum Gasteiger partial charge on any atom is 0.330 e. The number of carbonyl (C=O) groups is 1. The lowest BCUT2D eigenvalue weighted by atomic mass is 9.83. The van der Waals surface area contributed by atoms with Gasteiger partial charge >= 0.3 is 5.97 Å². The van der Waals surface area contributed by atoms with Crippen molar-refractivity contribution in [2.24, 2.45) is 5.41 Å². The third kappa shape index (κ3) is 5.79. The number of allylic oxidation sites excluding steroid dienone is 1. The Hall–Kier alpha value is -0.790. The van der Waals surface area contributed by atoms with E-state index in [1.807, 2.05) is 6.08 Å². The average molecular weight is 198 g/mol. The smallest absolute Gasteiger partial charge is 0.330 e. The third-order valence-corrected chi connectivity index (χ3v) is 2.51. The molecular weight excluding hydrogens is 176 g/mol. The summed E-state index contributed by atoms with van der Waals surface area (Å²) >= 11 is 0. The fourth-order valence-corrected chi connectivity index (χ4v) is 1.27. The molecule has 1 N–H and O–H groups in total. The molecule has 0 amide bonds. The van der Waals surface area contributed by atoms with E-state index in [9.17, 15) is 4.79 Å². The Balaban J connectivity index is 4.09. The molecule has 0 rings (SSSR count). The maximum absolute atomic E-state index is 10.6. The van der Waals surface area contributed by atoms with Crippen LogP contribution in [0.5, 0.6) is 0 Å². The van der Waals surface area contributed by atoms with Crippen LogP contribution in [0, 0.1) is 5.41 Å². The topological polar surface area (TPSA) is 37.3 Å². The van der Waals surface area contributed by atoms with E-state index in [1.54, 1.807) is 6.92 Å². The minimum atomic E-state index is -0.809. The molecule has 0 saturated heterocycles.